The van der Waals surface area contributed by atoms with Gasteiger partial charge in [-0.2, -0.15) is 0 Å². The molecule has 4 heterocycles. The Balaban J connectivity index is 1.63. The van der Waals surface area contributed by atoms with Gasteiger partial charge in [-0.05, 0) is 18.9 Å². The molecule has 0 radical (unpaired) electrons. The number of fused-ring (bicyclic) bond motifs is 1. The van der Waals surface area contributed by atoms with E-state index in [1.54, 1.807) is 6.07 Å². The van der Waals surface area contributed by atoms with Crippen molar-refractivity contribution in [3.63, 3.8) is 0 Å². The summed E-state index contributed by atoms with van der Waals surface area (Å²) >= 11 is 6.01. The number of nitro groups is 1. The van der Waals surface area contributed by atoms with Crippen LogP contribution in [-0.4, -0.2) is 42.1 Å². The van der Waals surface area contributed by atoms with Crippen LogP contribution in [-0.2, 0) is 7.05 Å². The van der Waals surface area contributed by atoms with Crippen LogP contribution in [0.3, 0.4) is 0 Å². The van der Waals surface area contributed by atoms with E-state index >= 15 is 0 Å². The summed E-state index contributed by atoms with van der Waals surface area (Å²) in [5.41, 5.74) is -0.538. The maximum Gasteiger partial charge on any atom is 0.318 e. The first kappa shape index (κ1) is 19.0. The third kappa shape index (κ3) is 3.33. The highest BCUT2D eigenvalue weighted by Crippen LogP contribution is 2.26. The monoisotopic (exact) mass is 417 g/mol. The van der Waals surface area contributed by atoms with E-state index in [9.17, 15) is 19.7 Å². The summed E-state index contributed by atoms with van der Waals surface area (Å²) in [6.45, 7) is 1.05. The van der Waals surface area contributed by atoms with E-state index in [1.807, 2.05) is 4.90 Å². The predicted molar refractivity (Wildman–Crippen MR) is 105 cm³/mol. The highest BCUT2D eigenvalue weighted by atomic mass is 35.5. The molecule has 0 aromatic carbocycles. The van der Waals surface area contributed by atoms with E-state index in [2.05, 4.69) is 15.0 Å². The second kappa shape index (κ2) is 7.24. The molecule has 1 aliphatic heterocycles. The van der Waals surface area contributed by atoms with Crippen molar-refractivity contribution >= 4 is 34.4 Å². The van der Waals surface area contributed by atoms with Crippen LogP contribution >= 0.6 is 11.6 Å². The third-order valence-corrected chi connectivity index (χ3v) is 5.26. The molecular weight excluding hydrogens is 402 g/mol. The topological polar surface area (TPSA) is 129 Å². The largest absolute Gasteiger partial charge is 0.341 e. The average Bonchev–Trinajstić information content (AvgIpc) is 2.73. The fourth-order valence-corrected chi connectivity index (χ4v) is 3.69. The second-order valence-corrected chi connectivity index (χ2v) is 7.19. The zero-order valence-electron chi connectivity index (χ0n) is 15.4. The summed E-state index contributed by atoms with van der Waals surface area (Å²) in [6, 6.07) is 1.39. The molecule has 1 aliphatic rings. The van der Waals surface area contributed by atoms with Crippen molar-refractivity contribution in [3.05, 3.63) is 60.5 Å². The number of nitrogens with zero attached hydrogens (tertiary/aromatic N) is 7. The molecule has 1 saturated heterocycles. The van der Waals surface area contributed by atoms with Crippen molar-refractivity contribution in [2.45, 2.75) is 18.9 Å². The molecule has 29 heavy (non-hydrogen) atoms. The van der Waals surface area contributed by atoms with Crippen LogP contribution < -0.4 is 16.0 Å². The van der Waals surface area contributed by atoms with Crippen molar-refractivity contribution in [2.24, 2.45) is 7.05 Å². The van der Waals surface area contributed by atoms with E-state index in [4.69, 9.17) is 11.6 Å². The lowest BCUT2D eigenvalue weighted by Crippen LogP contribution is -2.45. The van der Waals surface area contributed by atoms with Gasteiger partial charge in [-0.1, -0.05) is 11.6 Å². The summed E-state index contributed by atoms with van der Waals surface area (Å²) in [6.07, 6.45) is 4.91. The Bertz CT molecular complexity index is 1210. The zero-order chi connectivity index (χ0) is 20.7. The van der Waals surface area contributed by atoms with Gasteiger partial charge in [0.25, 0.3) is 0 Å². The van der Waals surface area contributed by atoms with Gasteiger partial charge in [0.2, 0.25) is 5.95 Å². The molecule has 12 heteroatoms. The highest BCUT2D eigenvalue weighted by molar-refractivity contribution is 6.31. The number of hydrogen-bond acceptors (Lipinski definition) is 8. The van der Waals surface area contributed by atoms with E-state index in [1.165, 1.54) is 34.8 Å². The Morgan fingerprint density at radius 3 is 2.38 bits per heavy atom. The maximum atomic E-state index is 12.7. The van der Waals surface area contributed by atoms with Crippen molar-refractivity contribution in [1.29, 1.82) is 0 Å². The highest BCUT2D eigenvalue weighted by Gasteiger charge is 2.26. The van der Waals surface area contributed by atoms with Gasteiger partial charge in [0.15, 0.2) is 5.65 Å². The Hall–Kier alpha value is -3.34. The van der Waals surface area contributed by atoms with Gasteiger partial charge in [-0.25, -0.2) is 15.0 Å². The van der Waals surface area contributed by atoms with Gasteiger partial charge in [-0.15, -0.1) is 0 Å². The molecule has 0 atom stereocenters. The van der Waals surface area contributed by atoms with E-state index in [0.29, 0.717) is 48.1 Å². The van der Waals surface area contributed by atoms with E-state index in [-0.39, 0.29) is 11.7 Å². The molecule has 0 bridgehead atoms. The van der Waals surface area contributed by atoms with Crippen LogP contribution in [0, 0.1) is 10.1 Å². The third-order valence-electron chi connectivity index (χ3n) is 5.06. The Morgan fingerprint density at radius 1 is 1.10 bits per heavy atom. The lowest BCUT2D eigenvalue weighted by molar-refractivity contribution is -0.385. The molecule has 4 rings (SSSR count). The van der Waals surface area contributed by atoms with Crippen LogP contribution in [0.1, 0.15) is 18.9 Å². The number of aryl methyl sites for hydroxylation is 1. The molecule has 3 aromatic rings. The van der Waals surface area contributed by atoms with Crippen molar-refractivity contribution in [2.75, 3.05) is 18.0 Å². The van der Waals surface area contributed by atoms with Crippen LogP contribution in [0.4, 0.5) is 11.6 Å². The van der Waals surface area contributed by atoms with Gasteiger partial charge in [0.1, 0.15) is 12.4 Å². The fraction of sp³-hybridized carbons (Fsp3) is 0.353. The standard InChI is InChI=1S/C17H16ClN7O4/c1-22-13-6-10(18)7-19-14(13)24(16(27)15(22)26)11-2-4-23(5-3-11)17-20-8-12(9-21-17)25(28)29/h6-9,11H,2-5H2,1H3. The number of piperidine rings is 1. The minimum Gasteiger partial charge on any atom is -0.341 e. The summed E-state index contributed by atoms with van der Waals surface area (Å²) < 4.78 is 2.70. The molecule has 0 saturated carbocycles. The molecular formula is C17H16ClN7O4. The van der Waals surface area contributed by atoms with Crippen LogP contribution in [0.15, 0.2) is 34.2 Å². The van der Waals surface area contributed by atoms with Gasteiger partial charge in [0, 0.05) is 32.4 Å². The Morgan fingerprint density at radius 2 is 1.76 bits per heavy atom. The van der Waals surface area contributed by atoms with Gasteiger partial charge >= 0.3 is 16.8 Å². The first-order chi connectivity index (χ1) is 13.9. The summed E-state index contributed by atoms with van der Waals surface area (Å²) in [5.74, 6) is 0.389. The average molecular weight is 418 g/mol. The maximum absolute atomic E-state index is 12.7. The fourth-order valence-electron chi connectivity index (χ4n) is 3.54. The van der Waals surface area contributed by atoms with Crippen molar-refractivity contribution in [1.82, 2.24) is 24.1 Å². The summed E-state index contributed by atoms with van der Waals surface area (Å²) in [7, 11) is 1.52. The number of pyridine rings is 1. The first-order valence-corrected chi connectivity index (χ1v) is 9.23. The molecule has 3 aromatic heterocycles. The van der Waals surface area contributed by atoms with Crippen molar-refractivity contribution < 1.29 is 4.92 Å². The lowest BCUT2D eigenvalue weighted by Gasteiger charge is -2.33. The van der Waals surface area contributed by atoms with Crippen molar-refractivity contribution in [3.8, 4) is 0 Å². The minimum atomic E-state index is -0.636. The summed E-state index contributed by atoms with van der Waals surface area (Å²) in [4.78, 5) is 49.6. The van der Waals surface area contributed by atoms with Gasteiger partial charge in [-0.3, -0.25) is 24.3 Å². The SMILES string of the molecule is Cn1c(=O)c(=O)n(C2CCN(c3ncc([N+](=O)[O-])cn3)CC2)c2ncc(Cl)cc21. The molecule has 0 unspecified atom stereocenters. The number of anilines is 1. The number of halogens is 1. The van der Waals surface area contributed by atoms with E-state index in [0.717, 1.165) is 0 Å². The number of rotatable bonds is 3. The number of hydrogen-bond donors (Lipinski definition) is 0. The Labute approximate surface area is 168 Å². The molecule has 150 valence electrons. The molecule has 1 fully saturated rings. The smallest absolute Gasteiger partial charge is 0.318 e. The molecule has 11 nitrogen and oxygen atoms in total. The normalized spacial score (nSPS) is 15.0. The van der Waals surface area contributed by atoms with Gasteiger partial charge < -0.3 is 9.47 Å². The zero-order valence-corrected chi connectivity index (χ0v) is 16.1. The van der Waals surface area contributed by atoms with Gasteiger partial charge in [0.05, 0.1) is 15.5 Å². The van der Waals surface area contributed by atoms with Crippen LogP contribution in [0.25, 0.3) is 11.2 Å². The minimum absolute atomic E-state index is 0.175. The molecule has 0 spiro atoms. The molecule has 0 amide bonds. The second-order valence-electron chi connectivity index (χ2n) is 6.75. The van der Waals surface area contributed by atoms with Crippen LogP contribution in [0.2, 0.25) is 5.02 Å². The molecule has 0 aliphatic carbocycles. The van der Waals surface area contributed by atoms with Crippen LogP contribution in [0.5, 0.6) is 0 Å². The van der Waals surface area contributed by atoms with E-state index < -0.39 is 16.0 Å². The predicted octanol–water partition coefficient (Wildman–Crippen LogP) is 1.29. The molecule has 0 N–H and O–H groups in total. The Kier molecular flexibility index (Phi) is 4.74. The quantitative estimate of drug-likeness (QED) is 0.354. The summed E-state index contributed by atoms with van der Waals surface area (Å²) in [5, 5.41) is 11.1. The lowest BCUT2D eigenvalue weighted by atomic mass is 10.0. The number of aromatic nitrogens is 5. The first-order valence-electron chi connectivity index (χ1n) is 8.85.